The minimum atomic E-state index is -0.883. The number of piperazine rings is 1. The molecule has 3 aliphatic heterocycles. The maximum absolute atomic E-state index is 16.8. The van der Waals surface area contributed by atoms with Gasteiger partial charge in [0, 0.05) is 55.7 Å². The Labute approximate surface area is 243 Å². The molecule has 2 aromatic carbocycles. The molecule has 216 valence electrons. The number of hydrogen-bond donors (Lipinski definition) is 1. The van der Waals surface area contributed by atoms with Crippen LogP contribution in [0.1, 0.15) is 24.8 Å². The third-order valence-electron chi connectivity index (χ3n) is 8.87. The first-order valence-electron chi connectivity index (χ1n) is 14.4. The highest BCUT2D eigenvalue weighted by Gasteiger charge is 2.49. The summed E-state index contributed by atoms with van der Waals surface area (Å²) >= 11 is 0. The molecule has 3 aliphatic rings. The number of fused-ring (bicyclic) bond motifs is 3. The number of anilines is 1. The van der Waals surface area contributed by atoms with Crippen molar-refractivity contribution in [1.29, 1.82) is 0 Å². The zero-order valence-corrected chi connectivity index (χ0v) is 23.5. The predicted octanol–water partition coefficient (Wildman–Crippen LogP) is 4.34. The lowest BCUT2D eigenvalue weighted by molar-refractivity contribution is 0.107. The van der Waals surface area contributed by atoms with E-state index < -0.39 is 12.0 Å². The van der Waals surface area contributed by atoms with Crippen LogP contribution in [0.25, 0.3) is 32.9 Å². The number of benzene rings is 2. The van der Waals surface area contributed by atoms with Gasteiger partial charge < -0.3 is 19.7 Å². The topological polar surface area (TPSA) is 75.6 Å². The van der Waals surface area contributed by atoms with E-state index in [1.807, 2.05) is 30.3 Å². The van der Waals surface area contributed by atoms with Crippen molar-refractivity contribution in [3.63, 3.8) is 0 Å². The molecule has 0 spiro atoms. The van der Waals surface area contributed by atoms with Gasteiger partial charge in [-0.2, -0.15) is 9.97 Å². The smallest absolute Gasteiger partial charge is 0.319 e. The van der Waals surface area contributed by atoms with Crippen LogP contribution >= 0.6 is 0 Å². The zero-order chi connectivity index (χ0) is 28.8. The Morgan fingerprint density at radius 3 is 2.69 bits per heavy atom. The van der Waals surface area contributed by atoms with Crippen LogP contribution in [0.4, 0.5) is 14.6 Å². The summed E-state index contributed by atoms with van der Waals surface area (Å²) in [6.07, 6.45) is 7.21. The molecule has 3 fully saturated rings. The number of ether oxygens (including phenoxy) is 2. The molecule has 5 heterocycles. The van der Waals surface area contributed by atoms with E-state index in [9.17, 15) is 4.39 Å². The second-order valence-electron chi connectivity index (χ2n) is 11.3. The van der Waals surface area contributed by atoms with E-state index in [1.165, 1.54) is 7.11 Å². The van der Waals surface area contributed by atoms with Gasteiger partial charge in [-0.25, -0.2) is 13.8 Å². The Morgan fingerprint density at radius 2 is 1.90 bits per heavy atom. The second-order valence-corrected chi connectivity index (χ2v) is 11.3. The number of hydrogen-bond acceptors (Lipinski definition) is 8. The van der Waals surface area contributed by atoms with Gasteiger partial charge in [-0.1, -0.05) is 36.3 Å². The molecule has 4 aromatic rings. The van der Waals surface area contributed by atoms with Gasteiger partial charge in [0.1, 0.15) is 35.2 Å². The van der Waals surface area contributed by atoms with E-state index in [0.717, 1.165) is 43.2 Å². The molecule has 2 aromatic heterocycles. The van der Waals surface area contributed by atoms with E-state index in [-0.39, 0.29) is 35.2 Å². The summed E-state index contributed by atoms with van der Waals surface area (Å²) in [6.45, 7) is 4.32. The van der Waals surface area contributed by atoms with Gasteiger partial charge in [-0.3, -0.25) is 4.90 Å². The highest BCUT2D eigenvalue weighted by molar-refractivity contribution is 6.03. The molecule has 3 saturated heterocycles. The summed E-state index contributed by atoms with van der Waals surface area (Å²) in [5.41, 5.74) is 0.936. The average Bonchev–Trinajstić information content (AvgIpc) is 3.55. The number of nitrogens with zero attached hydrogens (tertiary/aromatic N) is 5. The maximum Gasteiger partial charge on any atom is 0.319 e. The molecule has 7 rings (SSSR count). The third-order valence-corrected chi connectivity index (χ3v) is 8.87. The summed E-state index contributed by atoms with van der Waals surface area (Å²) in [6, 6.07) is 11.3. The molecule has 0 saturated carbocycles. The number of terminal acetylenes is 1. The Kier molecular flexibility index (Phi) is 6.79. The summed E-state index contributed by atoms with van der Waals surface area (Å²) in [5, 5.41) is 5.33. The molecule has 0 radical (unpaired) electrons. The van der Waals surface area contributed by atoms with E-state index in [2.05, 4.69) is 31.0 Å². The molecule has 8 nitrogen and oxygen atoms in total. The van der Waals surface area contributed by atoms with Crippen molar-refractivity contribution in [3.8, 4) is 35.5 Å². The number of halogens is 2. The van der Waals surface area contributed by atoms with Crippen molar-refractivity contribution in [2.24, 2.45) is 0 Å². The van der Waals surface area contributed by atoms with Crippen LogP contribution < -0.4 is 19.7 Å². The highest BCUT2D eigenvalue weighted by atomic mass is 19.1. The Hall–Kier alpha value is -4.07. The van der Waals surface area contributed by atoms with Crippen molar-refractivity contribution in [2.45, 2.75) is 31.0 Å². The fourth-order valence-electron chi connectivity index (χ4n) is 6.91. The first-order valence-corrected chi connectivity index (χ1v) is 14.4. The monoisotopic (exact) mass is 570 g/mol. The van der Waals surface area contributed by atoms with Crippen LogP contribution in [-0.4, -0.2) is 84.5 Å². The molecule has 0 amide bonds. The summed E-state index contributed by atoms with van der Waals surface area (Å²) < 4.78 is 43.2. The first kappa shape index (κ1) is 26.8. The van der Waals surface area contributed by atoms with Crippen LogP contribution in [0.2, 0.25) is 0 Å². The van der Waals surface area contributed by atoms with E-state index >= 15 is 4.39 Å². The van der Waals surface area contributed by atoms with Gasteiger partial charge >= 0.3 is 6.01 Å². The molecule has 0 aliphatic carbocycles. The van der Waals surface area contributed by atoms with Crippen LogP contribution in [0.3, 0.4) is 0 Å². The van der Waals surface area contributed by atoms with E-state index in [1.54, 1.807) is 6.07 Å². The lowest BCUT2D eigenvalue weighted by Crippen LogP contribution is -2.44. The number of nitrogens with one attached hydrogen (secondary N) is 1. The fraction of sp³-hybridized carbons (Fsp3) is 0.406. The predicted molar refractivity (Wildman–Crippen MR) is 158 cm³/mol. The van der Waals surface area contributed by atoms with Crippen molar-refractivity contribution in [3.05, 3.63) is 47.8 Å². The largest absolute Gasteiger partial charge is 0.480 e. The Bertz CT molecular complexity index is 1710. The van der Waals surface area contributed by atoms with Crippen molar-refractivity contribution in [1.82, 2.24) is 25.2 Å². The van der Waals surface area contributed by atoms with Gasteiger partial charge in [0.15, 0.2) is 5.82 Å². The summed E-state index contributed by atoms with van der Waals surface area (Å²) in [4.78, 5) is 18.3. The van der Waals surface area contributed by atoms with Gasteiger partial charge in [-0.05, 0) is 30.8 Å². The maximum atomic E-state index is 16.8. The Morgan fingerprint density at radius 1 is 1.10 bits per heavy atom. The molecule has 1 N–H and O–H groups in total. The molecule has 10 heteroatoms. The molecule has 1 unspecified atom stereocenters. The van der Waals surface area contributed by atoms with Gasteiger partial charge in [0.2, 0.25) is 5.88 Å². The molecule has 0 bridgehead atoms. The standard InChI is InChI=1S/C32H32F2N6O2/c1-3-20-7-4-8-21-9-5-10-23(24(20)21)27-26(34)28-25(30(36-27)41-2)29(39-15-12-35-13-16-39)38-31(37-28)42-19-32-11-6-14-40(32)18-22(33)17-32/h1,4-5,7-10,22,35H,6,11-19H2,2H3/t22?,32-/m0/s1. The molecular formula is C32H32F2N6O2. The Balaban J connectivity index is 1.40. The molecule has 42 heavy (non-hydrogen) atoms. The summed E-state index contributed by atoms with van der Waals surface area (Å²) in [7, 11) is 1.51. The van der Waals surface area contributed by atoms with E-state index in [0.29, 0.717) is 48.4 Å². The minimum Gasteiger partial charge on any atom is -0.480 e. The van der Waals surface area contributed by atoms with Crippen LogP contribution in [0.5, 0.6) is 11.9 Å². The number of alkyl halides is 1. The number of methoxy groups -OCH3 is 1. The van der Waals surface area contributed by atoms with Crippen LogP contribution in [0, 0.1) is 18.2 Å². The quantitative estimate of drug-likeness (QED) is 0.344. The van der Waals surface area contributed by atoms with Gasteiger partial charge in [-0.15, -0.1) is 6.42 Å². The third kappa shape index (κ3) is 4.39. The fourth-order valence-corrected chi connectivity index (χ4v) is 6.91. The number of rotatable bonds is 6. The SMILES string of the molecule is C#Cc1cccc2cccc(-c3nc(OC)c4c(N5CCNCC5)nc(OC[C@@]56CCCN5CC(F)C6)nc4c3F)c12. The van der Waals surface area contributed by atoms with Crippen molar-refractivity contribution in [2.75, 3.05) is 57.9 Å². The average molecular weight is 571 g/mol. The van der Waals surface area contributed by atoms with Crippen molar-refractivity contribution >= 4 is 27.5 Å². The summed E-state index contributed by atoms with van der Waals surface area (Å²) in [5.74, 6) is 2.83. The highest BCUT2D eigenvalue weighted by Crippen LogP contribution is 2.42. The molecular weight excluding hydrogens is 538 g/mol. The molecule has 2 atom stereocenters. The van der Waals surface area contributed by atoms with Crippen LogP contribution in [0.15, 0.2) is 36.4 Å². The van der Waals surface area contributed by atoms with Crippen molar-refractivity contribution < 1.29 is 18.3 Å². The van der Waals surface area contributed by atoms with Gasteiger partial charge in [0.25, 0.3) is 0 Å². The number of aromatic nitrogens is 3. The zero-order valence-electron chi connectivity index (χ0n) is 23.5. The van der Waals surface area contributed by atoms with Crippen LogP contribution in [-0.2, 0) is 0 Å². The minimum absolute atomic E-state index is 0.0555. The number of pyridine rings is 1. The normalized spacial score (nSPS) is 22.4. The first-order chi connectivity index (χ1) is 20.5. The van der Waals surface area contributed by atoms with Gasteiger partial charge in [0.05, 0.1) is 12.6 Å². The lowest BCUT2D eigenvalue weighted by Gasteiger charge is -2.32. The van der Waals surface area contributed by atoms with E-state index in [4.69, 9.17) is 20.9 Å². The lowest BCUT2D eigenvalue weighted by atomic mass is 9.95. The second kappa shape index (κ2) is 10.6.